The molecule has 3 rings (SSSR count). The molecular formula is C15H13NO4. The van der Waals surface area contributed by atoms with Crippen molar-refractivity contribution in [2.45, 2.75) is 6.23 Å². The highest BCUT2D eigenvalue weighted by atomic mass is 16.4. The molecule has 1 atom stereocenters. The van der Waals surface area contributed by atoms with Crippen molar-refractivity contribution >= 4 is 27.9 Å². The number of aliphatic carboxylic acids is 1. The SMILES string of the molecule is O=C(O)CNC(O)c1ccc2oc3ccccc3c2c1. The van der Waals surface area contributed by atoms with Crippen LogP contribution in [0.15, 0.2) is 46.9 Å². The average Bonchev–Trinajstić information content (AvgIpc) is 2.82. The maximum Gasteiger partial charge on any atom is 0.317 e. The third-order valence-electron chi connectivity index (χ3n) is 3.16. The minimum atomic E-state index is -1.02. The first-order valence-electron chi connectivity index (χ1n) is 6.19. The summed E-state index contributed by atoms with van der Waals surface area (Å²) in [7, 11) is 0. The molecule has 1 heterocycles. The molecule has 0 aliphatic heterocycles. The first kappa shape index (κ1) is 12.7. The van der Waals surface area contributed by atoms with Gasteiger partial charge in [-0.3, -0.25) is 10.1 Å². The summed E-state index contributed by atoms with van der Waals surface area (Å²) in [6.07, 6.45) is -1.02. The molecule has 20 heavy (non-hydrogen) atoms. The lowest BCUT2D eigenvalue weighted by molar-refractivity contribution is -0.136. The summed E-state index contributed by atoms with van der Waals surface area (Å²) in [5.41, 5.74) is 2.12. The lowest BCUT2D eigenvalue weighted by atomic mass is 10.1. The first-order chi connectivity index (χ1) is 9.65. The van der Waals surface area contributed by atoms with Crippen molar-refractivity contribution in [3.8, 4) is 0 Å². The number of para-hydroxylation sites is 1. The maximum atomic E-state index is 10.5. The van der Waals surface area contributed by atoms with Gasteiger partial charge in [0.2, 0.25) is 0 Å². The molecule has 1 unspecified atom stereocenters. The molecule has 1 aromatic heterocycles. The Morgan fingerprint density at radius 1 is 1.15 bits per heavy atom. The predicted molar refractivity (Wildman–Crippen MR) is 74.3 cm³/mol. The van der Waals surface area contributed by atoms with E-state index >= 15 is 0 Å². The fourth-order valence-corrected chi connectivity index (χ4v) is 2.22. The summed E-state index contributed by atoms with van der Waals surface area (Å²) in [4.78, 5) is 10.5. The van der Waals surface area contributed by atoms with Crippen molar-refractivity contribution in [3.63, 3.8) is 0 Å². The van der Waals surface area contributed by atoms with Gasteiger partial charge < -0.3 is 14.6 Å². The zero-order chi connectivity index (χ0) is 14.1. The normalized spacial score (nSPS) is 12.8. The molecule has 0 amide bonds. The van der Waals surface area contributed by atoms with Gasteiger partial charge in [-0.15, -0.1) is 0 Å². The van der Waals surface area contributed by atoms with Gasteiger partial charge in [-0.05, 0) is 23.8 Å². The first-order valence-corrected chi connectivity index (χ1v) is 6.19. The number of hydrogen-bond acceptors (Lipinski definition) is 4. The molecule has 3 aromatic rings. The van der Waals surface area contributed by atoms with E-state index in [1.165, 1.54) is 0 Å². The van der Waals surface area contributed by atoms with Crippen LogP contribution in [0.2, 0.25) is 0 Å². The fourth-order valence-electron chi connectivity index (χ4n) is 2.22. The van der Waals surface area contributed by atoms with E-state index in [0.717, 1.165) is 21.9 Å². The molecule has 0 radical (unpaired) electrons. The molecule has 3 N–H and O–H groups in total. The highest BCUT2D eigenvalue weighted by Crippen LogP contribution is 2.30. The quantitative estimate of drug-likeness (QED) is 0.634. The smallest absolute Gasteiger partial charge is 0.317 e. The number of rotatable bonds is 4. The highest BCUT2D eigenvalue weighted by molar-refractivity contribution is 6.04. The molecular weight excluding hydrogens is 258 g/mol. The number of carbonyl (C=O) groups is 1. The van der Waals surface area contributed by atoms with Gasteiger partial charge in [-0.2, -0.15) is 0 Å². The van der Waals surface area contributed by atoms with Crippen LogP contribution in [0.4, 0.5) is 0 Å². The lowest BCUT2D eigenvalue weighted by Gasteiger charge is -2.11. The van der Waals surface area contributed by atoms with Crippen LogP contribution in [0.5, 0.6) is 0 Å². The van der Waals surface area contributed by atoms with Gasteiger partial charge in [0, 0.05) is 10.8 Å². The van der Waals surface area contributed by atoms with Crippen LogP contribution in [0.3, 0.4) is 0 Å². The number of aliphatic hydroxyl groups excluding tert-OH is 1. The van der Waals surface area contributed by atoms with E-state index in [1.807, 2.05) is 24.3 Å². The van der Waals surface area contributed by atoms with Gasteiger partial charge in [-0.1, -0.05) is 24.3 Å². The summed E-state index contributed by atoms with van der Waals surface area (Å²) in [6, 6.07) is 12.9. The number of carboxylic acids is 1. The third-order valence-corrected chi connectivity index (χ3v) is 3.16. The topological polar surface area (TPSA) is 82.7 Å². The van der Waals surface area contributed by atoms with Crippen molar-refractivity contribution < 1.29 is 19.4 Å². The molecule has 5 nitrogen and oxygen atoms in total. The molecule has 102 valence electrons. The fraction of sp³-hybridized carbons (Fsp3) is 0.133. The maximum absolute atomic E-state index is 10.5. The molecule has 0 bridgehead atoms. The number of fused-ring (bicyclic) bond motifs is 3. The molecule has 0 saturated carbocycles. The molecule has 0 aliphatic rings. The Bertz CT molecular complexity index is 778. The van der Waals surface area contributed by atoms with E-state index in [4.69, 9.17) is 9.52 Å². The zero-order valence-corrected chi connectivity index (χ0v) is 10.5. The zero-order valence-electron chi connectivity index (χ0n) is 10.5. The van der Waals surface area contributed by atoms with E-state index in [9.17, 15) is 9.90 Å². The van der Waals surface area contributed by atoms with Crippen molar-refractivity contribution in [1.29, 1.82) is 0 Å². The van der Waals surface area contributed by atoms with Crippen molar-refractivity contribution in [1.82, 2.24) is 5.32 Å². The summed E-state index contributed by atoms with van der Waals surface area (Å²) in [5, 5.41) is 22.9. The standard InChI is InChI=1S/C15H13NO4/c17-14(18)8-16-15(19)9-5-6-13-11(7-9)10-3-1-2-4-12(10)20-13/h1-7,15-16,19H,8H2,(H,17,18). The van der Waals surface area contributed by atoms with Gasteiger partial charge in [-0.25, -0.2) is 0 Å². The van der Waals surface area contributed by atoms with Crippen molar-refractivity contribution in [2.75, 3.05) is 6.54 Å². The van der Waals surface area contributed by atoms with Crippen LogP contribution in [0, 0.1) is 0 Å². The van der Waals surface area contributed by atoms with Crippen LogP contribution in [0.25, 0.3) is 21.9 Å². The van der Waals surface area contributed by atoms with Crippen LogP contribution < -0.4 is 5.32 Å². The minimum Gasteiger partial charge on any atom is -0.480 e. The van der Waals surface area contributed by atoms with Crippen molar-refractivity contribution in [2.24, 2.45) is 0 Å². The Balaban J connectivity index is 2.01. The Kier molecular flexibility index (Phi) is 3.14. The number of hydrogen-bond donors (Lipinski definition) is 3. The van der Waals surface area contributed by atoms with Crippen LogP contribution in [-0.4, -0.2) is 22.7 Å². The second-order valence-corrected chi connectivity index (χ2v) is 4.53. The Morgan fingerprint density at radius 2 is 1.90 bits per heavy atom. The van der Waals surface area contributed by atoms with E-state index in [1.54, 1.807) is 18.2 Å². The summed E-state index contributed by atoms with van der Waals surface area (Å²) in [6.45, 7) is -0.300. The van der Waals surface area contributed by atoms with Crippen LogP contribution >= 0.6 is 0 Å². The van der Waals surface area contributed by atoms with Gasteiger partial charge in [0.15, 0.2) is 0 Å². The summed E-state index contributed by atoms with van der Waals surface area (Å²) >= 11 is 0. The Hall–Kier alpha value is -2.37. The van der Waals surface area contributed by atoms with Gasteiger partial charge >= 0.3 is 5.97 Å². The number of benzene rings is 2. The van der Waals surface area contributed by atoms with Gasteiger partial charge in [0.05, 0.1) is 6.54 Å². The van der Waals surface area contributed by atoms with E-state index in [-0.39, 0.29) is 6.54 Å². The molecule has 5 heteroatoms. The largest absolute Gasteiger partial charge is 0.480 e. The van der Waals surface area contributed by atoms with Gasteiger partial charge in [0.25, 0.3) is 0 Å². The average molecular weight is 271 g/mol. The number of aliphatic hydroxyl groups is 1. The second-order valence-electron chi connectivity index (χ2n) is 4.53. The molecule has 0 aliphatic carbocycles. The monoisotopic (exact) mass is 271 g/mol. The molecule has 0 saturated heterocycles. The summed E-state index contributed by atoms with van der Waals surface area (Å²) < 4.78 is 5.69. The molecule has 0 spiro atoms. The van der Waals surface area contributed by atoms with Crippen LogP contribution in [0.1, 0.15) is 11.8 Å². The summed E-state index contributed by atoms with van der Waals surface area (Å²) in [5.74, 6) is -1.01. The molecule has 2 aromatic carbocycles. The number of furan rings is 1. The Morgan fingerprint density at radius 3 is 2.70 bits per heavy atom. The molecule has 0 fully saturated rings. The Labute approximate surface area is 114 Å². The van der Waals surface area contributed by atoms with Crippen molar-refractivity contribution in [3.05, 3.63) is 48.0 Å². The van der Waals surface area contributed by atoms with E-state index < -0.39 is 12.2 Å². The predicted octanol–water partition coefficient (Wildman–Crippen LogP) is 2.25. The third kappa shape index (κ3) is 2.24. The number of nitrogens with one attached hydrogen (secondary N) is 1. The number of carboxylic acid groups (broad SMARTS) is 1. The lowest BCUT2D eigenvalue weighted by Crippen LogP contribution is -2.27. The van der Waals surface area contributed by atoms with Crippen LogP contribution in [-0.2, 0) is 4.79 Å². The highest BCUT2D eigenvalue weighted by Gasteiger charge is 2.12. The van der Waals surface area contributed by atoms with Gasteiger partial charge in [0.1, 0.15) is 17.4 Å². The van der Waals surface area contributed by atoms with E-state index in [0.29, 0.717) is 5.56 Å². The van der Waals surface area contributed by atoms with E-state index in [2.05, 4.69) is 5.32 Å². The minimum absolute atomic E-state index is 0.300. The second kappa shape index (κ2) is 4.96.